The molecule has 2 heterocycles. The third-order valence-electron chi connectivity index (χ3n) is 3.55. The molecule has 0 bridgehead atoms. The number of rotatable bonds is 2. The summed E-state index contributed by atoms with van der Waals surface area (Å²) >= 11 is 3.26. The van der Waals surface area contributed by atoms with E-state index in [1.54, 1.807) is 46.6 Å². The second-order valence-corrected chi connectivity index (χ2v) is 7.70. The molecule has 0 aliphatic carbocycles. The number of piperidine rings is 1. The van der Waals surface area contributed by atoms with E-state index in [0.29, 0.717) is 18.3 Å². The number of halogens is 1. The van der Waals surface area contributed by atoms with Crippen molar-refractivity contribution in [3.05, 3.63) is 30.1 Å². The van der Waals surface area contributed by atoms with Crippen molar-refractivity contribution in [2.45, 2.75) is 31.1 Å². The third-order valence-corrected chi connectivity index (χ3v) is 6.22. The molecule has 3 nitrogen and oxygen atoms in total. The topological polar surface area (TPSA) is 32.7 Å². The van der Waals surface area contributed by atoms with Crippen LogP contribution in [0.4, 0.5) is 10.1 Å². The summed E-state index contributed by atoms with van der Waals surface area (Å²) in [5.41, 5.74) is 0.391. The van der Waals surface area contributed by atoms with Gasteiger partial charge >= 0.3 is 0 Å². The number of nitrogens with zero attached hydrogens (tertiary/aromatic N) is 2. The standard InChI is InChI=1S/C15H17FN2OS2/c1-10-9-20-15(17-10)21-13-7-4-8-18(14(13)19)12-6-3-2-5-11(12)16/h2-3,5-6,10,13H,4,7-9H2,1H3/t10-,13-/m0/s1. The number of hydrogen-bond donors (Lipinski definition) is 0. The minimum absolute atomic E-state index is 0.000738. The number of benzene rings is 1. The SMILES string of the molecule is C[C@H]1CSC(S[C@H]2CCCN(c3ccccc3F)C2=O)=N1. The van der Waals surface area contributed by atoms with Crippen molar-refractivity contribution < 1.29 is 9.18 Å². The van der Waals surface area contributed by atoms with Gasteiger partial charge in [-0.3, -0.25) is 9.79 Å². The summed E-state index contributed by atoms with van der Waals surface area (Å²) in [7, 11) is 0. The maximum absolute atomic E-state index is 13.9. The molecule has 2 atom stereocenters. The van der Waals surface area contributed by atoms with E-state index in [2.05, 4.69) is 11.9 Å². The number of aliphatic imine (C=N–C) groups is 1. The lowest BCUT2D eigenvalue weighted by Gasteiger charge is -2.32. The Balaban J connectivity index is 1.75. The van der Waals surface area contributed by atoms with E-state index in [0.717, 1.165) is 23.0 Å². The van der Waals surface area contributed by atoms with Crippen molar-refractivity contribution in [3.8, 4) is 0 Å². The van der Waals surface area contributed by atoms with Crippen LogP contribution in [0.25, 0.3) is 0 Å². The van der Waals surface area contributed by atoms with Gasteiger partial charge in [-0.1, -0.05) is 35.7 Å². The quantitative estimate of drug-likeness (QED) is 0.834. The van der Waals surface area contributed by atoms with E-state index in [1.807, 2.05) is 0 Å². The Hall–Kier alpha value is -1.01. The summed E-state index contributed by atoms with van der Waals surface area (Å²) < 4.78 is 14.9. The highest BCUT2D eigenvalue weighted by Crippen LogP contribution is 2.34. The van der Waals surface area contributed by atoms with Gasteiger partial charge in [0, 0.05) is 12.3 Å². The Morgan fingerprint density at radius 2 is 2.24 bits per heavy atom. The second kappa shape index (κ2) is 6.40. The molecule has 0 spiro atoms. The van der Waals surface area contributed by atoms with Crippen molar-refractivity contribution in [2.24, 2.45) is 4.99 Å². The van der Waals surface area contributed by atoms with Crippen LogP contribution in [0.5, 0.6) is 0 Å². The number of carbonyl (C=O) groups is 1. The molecule has 0 saturated carbocycles. The fraction of sp³-hybridized carbons (Fsp3) is 0.467. The van der Waals surface area contributed by atoms with E-state index >= 15 is 0 Å². The molecule has 6 heteroatoms. The normalized spacial score (nSPS) is 26.1. The Morgan fingerprint density at radius 1 is 1.43 bits per heavy atom. The molecule has 0 radical (unpaired) electrons. The molecular weight excluding hydrogens is 307 g/mol. The Kier molecular flexibility index (Phi) is 4.54. The zero-order chi connectivity index (χ0) is 14.8. The van der Waals surface area contributed by atoms with E-state index < -0.39 is 0 Å². The summed E-state index contributed by atoms with van der Waals surface area (Å²) in [5, 5.41) is -0.144. The van der Waals surface area contributed by atoms with Gasteiger partial charge in [0.05, 0.1) is 17.0 Å². The van der Waals surface area contributed by atoms with Gasteiger partial charge in [0.2, 0.25) is 5.91 Å². The van der Waals surface area contributed by atoms with Gasteiger partial charge in [-0.05, 0) is 31.9 Å². The second-order valence-electron chi connectivity index (χ2n) is 5.25. The first-order valence-corrected chi connectivity index (χ1v) is 8.95. The van der Waals surface area contributed by atoms with Gasteiger partial charge in [0.1, 0.15) is 10.2 Å². The van der Waals surface area contributed by atoms with Crippen LogP contribution in [0.1, 0.15) is 19.8 Å². The Morgan fingerprint density at radius 3 is 2.95 bits per heavy atom. The summed E-state index contributed by atoms with van der Waals surface area (Å²) in [5.74, 6) is 0.650. The third kappa shape index (κ3) is 3.26. The number of anilines is 1. The molecule has 1 saturated heterocycles. The van der Waals surface area contributed by atoms with Crippen molar-refractivity contribution >= 4 is 39.5 Å². The molecule has 2 aliphatic heterocycles. The Labute approximate surface area is 132 Å². The number of carbonyl (C=O) groups excluding carboxylic acids is 1. The zero-order valence-corrected chi connectivity index (χ0v) is 13.4. The molecular formula is C15H17FN2OS2. The van der Waals surface area contributed by atoms with Crippen LogP contribution in [0.3, 0.4) is 0 Å². The first kappa shape index (κ1) is 14.9. The highest BCUT2D eigenvalue weighted by Gasteiger charge is 2.33. The molecule has 1 aromatic rings. The van der Waals surface area contributed by atoms with Gasteiger partial charge in [0.15, 0.2) is 0 Å². The molecule has 112 valence electrons. The van der Waals surface area contributed by atoms with E-state index in [4.69, 9.17) is 0 Å². The lowest BCUT2D eigenvalue weighted by Crippen LogP contribution is -2.43. The predicted octanol–water partition coefficient (Wildman–Crippen LogP) is 3.55. The van der Waals surface area contributed by atoms with Crippen molar-refractivity contribution in [1.82, 2.24) is 0 Å². The van der Waals surface area contributed by atoms with Crippen LogP contribution < -0.4 is 4.90 Å². The molecule has 0 N–H and O–H groups in total. The number of para-hydroxylation sites is 1. The van der Waals surface area contributed by atoms with E-state index in [9.17, 15) is 9.18 Å². The van der Waals surface area contributed by atoms with Crippen LogP contribution in [0.15, 0.2) is 29.3 Å². The van der Waals surface area contributed by atoms with Gasteiger partial charge in [-0.15, -0.1) is 0 Å². The van der Waals surface area contributed by atoms with E-state index in [-0.39, 0.29) is 17.0 Å². The Bertz CT molecular complexity index is 579. The highest BCUT2D eigenvalue weighted by atomic mass is 32.2. The van der Waals surface area contributed by atoms with Gasteiger partial charge in [0.25, 0.3) is 0 Å². The zero-order valence-electron chi connectivity index (χ0n) is 11.8. The summed E-state index contributed by atoms with van der Waals surface area (Å²) in [4.78, 5) is 18.7. The lowest BCUT2D eigenvalue weighted by atomic mass is 10.1. The number of amides is 1. The summed E-state index contributed by atoms with van der Waals surface area (Å²) in [6.07, 6.45) is 1.73. The van der Waals surface area contributed by atoms with Crippen LogP contribution in [-0.2, 0) is 4.79 Å². The van der Waals surface area contributed by atoms with Crippen molar-refractivity contribution in [3.63, 3.8) is 0 Å². The number of thioether (sulfide) groups is 2. The fourth-order valence-corrected chi connectivity index (χ4v) is 5.03. The largest absolute Gasteiger partial charge is 0.309 e. The minimum atomic E-state index is -0.335. The van der Waals surface area contributed by atoms with Crippen LogP contribution >= 0.6 is 23.5 Å². The van der Waals surface area contributed by atoms with Gasteiger partial charge < -0.3 is 4.90 Å². The maximum Gasteiger partial charge on any atom is 0.240 e. The molecule has 1 amide bonds. The van der Waals surface area contributed by atoms with Crippen LogP contribution in [0.2, 0.25) is 0 Å². The van der Waals surface area contributed by atoms with Gasteiger partial charge in [-0.25, -0.2) is 4.39 Å². The average Bonchev–Trinajstić information content (AvgIpc) is 2.88. The van der Waals surface area contributed by atoms with Crippen LogP contribution in [-0.4, -0.2) is 33.9 Å². The first-order chi connectivity index (χ1) is 10.1. The molecule has 1 aromatic carbocycles. The summed E-state index contributed by atoms with van der Waals surface area (Å²) in [6.45, 7) is 2.67. The maximum atomic E-state index is 13.9. The fourth-order valence-electron chi connectivity index (χ4n) is 2.49. The molecule has 3 rings (SSSR count). The molecule has 2 aliphatic rings. The first-order valence-electron chi connectivity index (χ1n) is 7.08. The average molecular weight is 324 g/mol. The smallest absolute Gasteiger partial charge is 0.240 e. The van der Waals surface area contributed by atoms with Crippen molar-refractivity contribution in [2.75, 3.05) is 17.2 Å². The number of hydrogen-bond acceptors (Lipinski definition) is 4. The summed E-state index contributed by atoms with van der Waals surface area (Å²) in [6, 6.07) is 6.81. The predicted molar refractivity (Wildman–Crippen MR) is 88.7 cm³/mol. The minimum Gasteiger partial charge on any atom is -0.309 e. The molecule has 1 fully saturated rings. The van der Waals surface area contributed by atoms with Crippen LogP contribution in [0, 0.1) is 5.82 Å². The molecule has 0 aromatic heterocycles. The molecule has 0 unspecified atom stereocenters. The lowest BCUT2D eigenvalue weighted by molar-refractivity contribution is -0.119. The highest BCUT2D eigenvalue weighted by molar-refractivity contribution is 8.39. The van der Waals surface area contributed by atoms with Gasteiger partial charge in [-0.2, -0.15) is 0 Å². The monoisotopic (exact) mass is 324 g/mol. The van der Waals surface area contributed by atoms with Crippen molar-refractivity contribution in [1.29, 1.82) is 0 Å². The molecule has 21 heavy (non-hydrogen) atoms. The van der Waals surface area contributed by atoms with E-state index in [1.165, 1.54) is 6.07 Å².